The fourth-order valence-corrected chi connectivity index (χ4v) is 1.34. The van der Waals surface area contributed by atoms with Crippen molar-refractivity contribution in [3.63, 3.8) is 0 Å². The zero-order valence-electron chi connectivity index (χ0n) is 7.71. The minimum absolute atomic E-state index is 0.257. The van der Waals surface area contributed by atoms with Gasteiger partial charge in [-0.15, -0.1) is 0 Å². The highest BCUT2D eigenvalue weighted by Crippen LogP contribution is 2.25. The van der Waals surface area contributed by atoms with Gasteiger partial charge >= 0.3 is 0 Å². The Hall–Kier alpha value is -1.93. The second kappa shape index (κ2) is 3.44. The number of fused-ring (bicyclic) bond motifs is 1. The van der Waals surface area contributed by atoms with Gasteiger partial charge in [0.1, 0.15) is 11.3 Å². The van der Waals surface area contributed by atoms with Gasteiger partial charge in [0, 0.05) is 10.3 Å². The summed E-state index contributed by atoms with van der Waals surface area (Å²) in [6.07, 6.45) is 0. The van der Waals surface area contributed by atoms with Gasteiger partial charge in [-0.3, -0.25) is 0 Å². The summed E-state index contributed by atoms with van der Waals surface area (Å²) in [5.41, 5.74) is 9.11. The van der Waals surface area contributed by atoms with Crippen LogP contribution in [0.3, 0.4) is 0 Å². The first-order chi connectivity index (χ1) is 6.81. The van der Waals surface area contributed by atoms with E-state index in [2.05, 4.69) is 10.0 Å². The summed E-state index contributed by atoms with van der Waals surface area (Å²) in [6, 6.07) is 9.35. The van der Waals surface area contributed by atoms with Crippen molar-refractivity contribution < 1.29 is 4.42 Å². The highest BCUT2D eigenvalue weighted by Gasteiger charge is 2.08. The maximum Gasteiger partial charge on any atom is 0.134 e. The van der Waals surface area contributed by atoms with Crippen molar-refractivity contribution in [2.24, 2.45) is 5.11 Å². The Labute approximate surface area is 80.8 Å². The minimum atomic E-state index is -0.257. The molecule has 1 atom stereocenters. The van der Waals surface area contributed by atoms with Crippen LogP contribution in [0, 0.1) is 0 Å². The first kappa shape index (κ1) is 8.66. The lowest BCUT2D eigenvalue weighted by Crippen LogP contribution is -1.82. The molecule has 0 bridgehead atoms. The predicted molar refractivity (Wildman–Crippen MR) is 53.8 cm³/mol. The molecule has 0 aliphatic carbocycles. The molecular formula is C10H9N3O. The highest BCUT2D eigenvalue weighted by molar-refractivity contribution is 5.77. The van der Waals surface area contributed by atoms with Crippen molar-refractivity contribution in [2.75, 3.05) is 0 Å². The third-order valence-electron chi connectivity index (χ3n) is 2.08. The molecule has 0 aliphatic rings. The van der Waals surface area contributed by atoms with Crippen LogP contribution in [-0.4, -0.2) is 0 Å². The van der Waals surface area contributed by atoms with Crippen LogP contribution in [-0.2, 0) is 0 Å². The first-order valence-electron chi connectivity index (χ1n) is 4.34. The fraction of sp³-hybridized carbons (Fsp3) is 0.200. The lowest BCUT2D eigenvalue weighted by atomic mass is 10.2. The summed E-state index contributed by atoms with van der Waals surface area (Å²) >= 11 is 0. The molecule has 2 rings (SSSR count). The van der Waals surface area contributed by atoms with E-state index in [4.69, 9.17) is 9.95 Å². The zero-order valence-corrected chi connectivity index (χ0v) is 7.71. The summed E-state index contributed by atoms with van der Waals surface area (Å²) in [5.74, 6) is 0.698. The third kappa shape index (κ3) is 1.43. The molecule has 0 saturated carbocycles. The molecule has 1 aromatic carbocycles. The number of benzene rings is 1. The molecule has 70 valence electrons. The Morgan fingerprint density at radius 1 is 1.43 bits per heavy atom. The molecule has 0 aliphatic heterocycles. The topological polar surface area (TPSA) is 61.9 Å². The third-order valence-corrected chi connectivity index (χ3v) is 2.08. The monoisotopic (exact) mass is 187 g/mol. The summed E-state index contributed by atoms with van der Waals surface area (Å²) in [7, 11) is 0. The van der Waals surface area contributed by atoms with Gasteiger partial charge in [0.15, 0.2) is 0 Å². The van der Waals surface area contributed by atoms with Crippen LogP contribution in [0.25, 0.3) is 21.4 Å². The van der Waals surface area contributed by atoms with E-state index in [1.807, 2.05) is 30.3 Å². The smallest absolute Gasteiger partial charge is 0.134 e. The maximum absolute atomic E-state index is 8.29. The van der Waals surface area contributed by atoms with Crippen molar-refractivity contribution >= 4 is 11.0 Å². The average Bonchev–Trinajstić information content (AvgIpc) is 2.61. The molecule has 0 fully saturated rings. The van der Waals surface area contributed by atoms with E-state index >= 15 is 0 Å². The molecule has 1 aromatic heterocycles. The normalized spacial score (nSPS) is 12.4. The zero-order chi connectivity index (χ0) is 9.97. The number of nitrogens with zero attached hydrogens (tertiary/aromatic N) is 3. The molecular weight excluding hydrogens is 178 g/mol. The van der Waals surface area contributed by atoms with Crippen molar-refractivity contribution in [1.29, 1.82) is 0 Å². The molecule has 0 radical (unpaired) electrons. The molecule has 0 spiro atoms. The Bertz CT molecular complexity index is 464. The first-order valence-corrected chi connectivity index (χ1v) is 4.34. The van der Waals surface area contributed by atoms with Gasteiger partial charge in [-0.1, -0.05) is 23.3 Å². The molecule has 0 saturated heterocycles. The number of azide groups is 1. The fourth-order valence-electron chi connectivity index (χ4n) is 1.34. The lowest BCUT2D eigenvalue weighted by Gasteiger charge is -1.96. The quantitative estimate of drug-likeness (QED) is 0.400. The minimum Gasteiger partial charge on any atom is -0.461 e. The maximum atomic E-state index is 8.29. The number of rotatable bonds is 2. The van der Waals surface area contributed by atoms with Crippen LogP contribution in [0.4, 0.5) is 0 Å². The van der Waals surface area contributed by atoms with Gasteiger partial charge < -0.3 is 4.42 Å². The van der Waals surface area contributed by atoms with Gasteiger partial charge in [0.25, 0.3) is 0 Å². The van der Waals surface area contributed by atoms with Crippen LogP contribution in [0.1, 0.15) is 18.7 Å². The second-order valence-electron chi connectivity index (χ2n) is 3.07. The molecule has 0 N–H and O–H groups in total. The van der Waals surface area contributed by atoms with E-state index in [-0.39, 0.29) is 6.04 Å². The molecule has 4 heteroatoms. The number of furan rings is 1. The predicted octanol–water partition coefficient (Wildman–Crippen LogP) is 3.80. The van der Waals surface area contributed by atoms with Crippen LogP contribution in [0.5, 0.6) is 0 Å². The molecule has 14 heavy (non-hydrogen) atoms. The Morgan fingerprint density at radius 2 is 2.21 bits per heavy atom. The summed E-state index contributed by atoms with van der Waals surface area (Å²) in [6.45, 7) is 1.80. The second-order valence-corrected chi connectivity index (χ2v) is 3.07. The van der Waals surface area contributed by atoms with Crippen molar-refractivity contribution in [3.05, 3.63) is 46.5 Å². The Kier molecular flexibility index (Phi) is 2.13. The summed E-state index contributed by atoms with van der Waals surface area (Å²) < 4.78 is 5.52. The van der Waals surface area contributed by atoms with Gasteiger partial charge in [-0.05, 0) is 24.6 Å². The van der Waals surface area contributed by atoms with Gasteiger partial charge in [-0.25, -0.2) is 0 Å². The lowest BCUT2D eigenvalue weighted by molar-refractivity contribution is 0.512. The van der Waals surface area contributed by atoms with Crippen molar-refractivity contribution in [2.45, 2.75) is 13.0 Å². The Balaban J connectivity index is 2.49. The molecule has 0 unspecified atom stereocenters. The van der Waals surface area contributed by atoms with Crippen LogP contribution >= 0.6 is 0 Å². The highest BCUT2D eigenvalue weighted by atomic mass is 16.3. The standard InChI is InChI=1S/C10H9N3O/c1-7(12-13-11)10-6-8-4-2-3-5-9(8)14-10/h2-7H,1H3/t7-/m0/s1. The Morgan fingerprint density at radius 3 is 2.93 bits per heavy atom. The van der Waals surface area contributed by atoms with Crippen LogP contribution in [0.2, 0.25) is 0 Å². The van der Waals surface area contributed by atoms with Gasteiger partial charge in [0.05, 0.1) is 6.04 Å². The molecule has 2 aromatic rings. The number of para-hydroxylation sites is 1. The number of hydrogen-bond acceptors (Lipinski definition) is 2. The SMILES string of the molecule is C[C@H](N=[N+]=[N-])c1cc2ccccc2o1. The van der Waals surface area contributed by atoms with E-state index in [1.54, 1.807) is 6.92 Å². The van der Waals surface area contributed by atoms with Gasteiger partial charge in [-0.2, -0.15) is 0 Å². The largest absolute Gasteiger partial charge is 0.461 e. The van der Waals surface area contributed by atoms with E-state index in [0.717, 1.165) is 11.0 Å². The van der Waals surface area contributed by atoms with Crippen molar-refractivity contribution in [1.82, 2.24) is 0 Å². The molecule has 4 nitrogen and oxygen atoms in total. The van der Waals surface area contributed by atoms with E-state index in [9.17, 15) is 0 Å². The van der Waals surface area contributed by atoms with E-state index in [0.29, 0.717) is 5.76 Å². The summed E-state index contributed by atoms with van der Waals surface area (Å²) in [5, 5.41) is 4.61. The molecule has 1 heterocycles. The molecule has 0 amide bonds. The van der Waals surface area contributed by atoms with Crippen molar-refractivity contribution in [3.8, 4) is 0 Å². The van der Waals surface area contributed by atoms with E-state index < -0.39 is 0 Å². The van der Waals surface area contributed by atoms with Crippen LogP contribution < -0.4 is 0 Å². The van der Waals surface area contributed by atoms with Crippen LogP contribution in [0.15, 0.2) is 39.9 Å². The summed E-state index contributed by atoms with van der Waals surface area (Å²) in [4.78, 5) is 2.75. The van der Waals surface area contributed by atoms with E-state index in [1.165, 1.54) is 0 Å². The number of hydrogen-bond donors (Lipinski definition) is 0. The average molecular weight is 187 g/mol. The van der Waals surface area contributed by atoms with Gasteiger partial charge in [0.2, 0.25) is 0 Å².